The molecule has 0 aliphatic carbocycles. The van der Waals surface area contributed by atoms with Gasteiger partial charge in [0, 0.05) is 37.8 Å². The number of carbonyl (C=O) groups is 1. The molecule has 3 aromatic rings. The van der Waals surface area contributed by atoms with E-state index in [-0.39, 0.29) is 11.6 Å². The van der Waals surface area contributed by atoms with Gasteiger partial charge in [-0.1, -0.05) is 12.1 Å². The van der Waals surface area contributed by atoms with Crippen LogP contribution in [-0.2, 0) is 0 Å². The largest absolute Gasteiger partial charge is 0.497 e. The third-order valence-electron chi connectivity index (χ3n) is 5.43. The Hall–Kier alpha value is -4.25. The zero-order valence-electron chi connectivity index (χ0n) is 18.5. The Balaban J connectivity index is 1.42. The van der Waals surface area contributed by atoms with E-state index < -0.39 is 0 Å². The summed E-state index contributed by atoms with van der Waals surface area (Å²) in [7, 11) is 3.21. The van der Waals surface area contributed by atoms with Crippen molar-refractivity contribution in [1.82, 2.24) is 9.88 Å². The lowest BCUT2D eigenvalue weighted by Crippen LogP contribution is -2.48. The molecule has 1 amide bonds. The van der Waals surface area contributed by atoms with E-state index in [0.29, 0.717) is 49.3 Å². The Morgan fingerprint density at radius 1 is 1.03 bits per heavy atom. The number of hydrogen-bond acceptors (Lipinski definition) is 7. The second-order valence-electron chi connectivity index (χ2n) is 7.44. The summed E-state index contributed by atoms with van der Waals surface area (Å²) < 4.78 is 16.3. The molecule has 0 bridgehead atoms. The Labute approximate surface area is 192 Å². The van der Waals surface area contributed by atoms with Crippen molar-refractivity contribution in [2.75, 3.05) is 45.3 Å². The highest BCUT2D eigenvalue weighted by molar-refractivity contribution is 5.94. The number of nitriles is 1. The van der Waals surface area contributed by atoms with Gasteiger partial charge in [-0.15, -0.1) is 0 Å². The van der Waals surface area contributed by atoms with Gasteiger partial charge < -0.3 is 23.7 Å². The number of oxazole rings is 1. The third kappa shape index (κ3) is 4.99. The molecule has 1 fully saturated rings. The number of piperazine rings is 1. The van der Waals surface area contributed by atoms with Crippen LogP contribution in [0, 0.1) is 11.3 Å². The van der Waals surface area contributed by atoms with Crippen LogP contribution >= 0.6 is 0 Å². The Bertz CT molecular complexity index is 1190. The highest BCUT2D eigenvalue weighted by atomic mass is 16.5. The average Bonchev–Trinajstić information content (AvgIpc) is 3.30. The number of methoxy groups -OCH3 is 2. The van der Waals surface area contributed by atoms with Crippen molar-refractivity contribution in [1.29, 1.82) is 5.26 Å². The molecule has 1 aromatic heterocycles. The molecule has 2 heterocycles. The van der Waals surface area contributed by atoms with Crippen molar-refractivity contribution >= 4 is 23.9 Å². The Kier molecular flexibility index (Phi) is 6.60. The van der Waals surface area contributed by atoms with Crippen molar-refractivity contribution in [3.63, 3.8) is 0 Å². The number of benzene rings is 2. The zero-order valence-corrected chi connectivity index (χ0v) is 18.5. The van der Waals surface area contributed by atoms with Gasteiger partial charge in [-0.25, -0.2) is 0 Å². The quantitative estimate of drug-likeness (QED) is 0.572. The van der Waals surface area contributed by atoms with Crippen molar-refractivity contribution in [2.24, 2.45) is 0 Å². The lowest BCUT2D eigenvalue weighted by atomic mass is 10.1. The summed E-state index contributed by atoms with van der Waals surface area (Å²) in [5.41, 5.74) is 1.78. The van der Waals surface area contributed by atoms with E-state index in [9.17, 15) is 10.1 Å². The molecule has 2 aromatic carbocycles. The molecule has 33 heavy (non-hydrogen) atoms. The molecule has 8 heteroatoms. The van der Waals surface area contributed by atoms with E-state index in [1.165, 1.54) is 0 Å². The van der Waals surface area contributed by atoms with E-state index in [2.05, 4.69) is 11.1 Å². The number of rotatable bonds is 6. The summed E-state index contributed by atoms with van der Waals surface area (Å²) in [5.74, 6) is 2.21. The number of aromatic nitrogens is 1. The minimum absolute atomic E-state index is 0.0303. The molecule has 0 unspecified atom stereocenters. The van der Waals surface area contributed by atoms with Crippen molar-refractivity contribution in [3.8, 4) is 17.6 Å². The van der Waals surface area contributed by atoms with E-state index in [1.807, 2.05) is 35.2 Å². The van der Waals surface area contributed by atoms with Gasteiger partial charge in [-0.05, 0) is 48.0 Å². The van der Waals surface area contributed by atoms with Gasteiger partial charge in [-0.2, -0.15) is 10.2 Å². The summed E-state index contributed by atoms with van der Waals surface area (Å²) in [6.07, 6.45) is 3.58. The average molecular weight is 444 g/mol. The summed E-state index contributed by atoms with van der Waals surface area (Å²) in [6.45, 7) is 2.13. The molecule has 168 valence electrons. The van der Waals surface area contributed by atoms with Crippen molar-refractivity contribution < 1.29 is 18.7 Å². The monoisotopic (exact) mass is 444 g/mol. The fourth-order valence-corrected chi connectivity index (χ4v) is 3.63. The van der Waals surface area contributed by atoms with E-state index in [0.717, 1.165) is 11.3 Å². The molecule has 8 nitrogen and oxygen atoms in total. The van der Waals surface area contributed by atoms with Gasteiger partial charge in [0.05, 0.1) is 14.2 Å². The van der Waals surface area contributed by atoms with E-state index >= 15 is 0 Å². The maximum atomic E-state index is 12.8. The topological polar surface area (TPSA) is 91.8 Å². The first-order valence-corrected chi connectivity index (χ1v) is 10.5. The van der Waals surface area contributed by atoms with Crippen molar-refractivity contribution in [3.05, 3.63) is 71.2 Å². The molecule has 0 saturated carbocycles. The highest BCUT2D eigenvalue weighted by Gasteiger charge is 2.26. The van der Waals surface area contributed by atoms with Gasteiger partial charge in [0.25, 0.3) is 5.91 Å². The van der Waals surface area contributed by atoms with Crippen LogP contribution in [0.2, 0.25) is 0 Å². The van der Waals surface area contributed by atoms with Gasteiger partial charge in [-0.3, -0.25) is 4.79 Å². The molecule has 0 radical (unpaired) electrons. The summed E-state index contributed by atoms with van der Waals surface area (Å²) in [6, 6.07) is 16.8. The lowest BCUT2D eigenvalue weighted by Gasteiger charge is -2.34. The van der Waals surface area contributed by atoms with Gasteiger partial charge >= 0.3 is 0 Å². The van der Waals surface area contributed by atoms with Crippen LogP contribution in [0.4, 0.5) is 5.88 Å². The highest BCUT2D eigenvalue weighted by Crippen LogP contribution is 2.25. The normalized spacial score (nSPS) is 13.7. The summed E-state index contributed by atoms with van der Waals surface area (Å²) in [4.78, 5) is 20.8. The molecule has 1 saturated heterocycles. The molecular weight excluding hydrogens is 420 g/mol. The number of anilines is 1. The van der Waals surface area contributed by atoms with Gasteiger partial charge in [0.2, 0.25) is 17.5 Å². The Morgan fingerprint density at radius 2 is 1.76 bits per heavy atom. The predicted molar refractivity (Wildman–Crippen MR) is 124 cm³/mol. The minimum atomic E-state index is -0.0303. The van der Waals surface area contributed by atoms with Crippen LogP contribution in [0.5, 0.6) is 11.5 Å². The molecule has 0 spiro atoms. The smallest absolute Gasteiger partial charge is 0.253 e. The number of hydrogen-bond donors (Lipinski definition) is 0. The van der Waals surface area contributed by atoms with Crippen LogP contribution in [-0.4, -0.2) is 56.2 Å². The van der Waals surface area contributed by atoms with E-state index in [4.69, 9.17) is 13.9 Å². The fourth-order valence-electron chi connectivity index (χ4n) is 3.63. The zero-order chi connectivity index (χ0) is 23.2. The molecule has 0 N–H and O–H groups in total. The summed E-state index contributed by atoms with van der Waals surface area (Å²) >= 11 is 0. The molecule has 1 aliphatic heterocycles. The number of ether oxygens (including phenoxy) is 2. The number of nitrogens with zero attached hydrogens (tertiary/aromatic N) is 4. The van der Waals surface area contributed by atoms with Crippen molar-refractivity contribution in [2.45, 2.75) is 0 Å². The van der Waals surface area contributed by atoms with Gasteiger partial charge in [0.1, 0.15) is 17.6 Å². The predicted octanol–water partition coefficient (Wildman–Crippen LogP) is 3.70. The van der Waals surface area contributed by atoms with Crippen LogP contribution in [0.1, 0.15) is 27.5 Å². The second kappa shape index (κ2) is 9.92. The first-order chi connectivity index (χ1) is 16.1. The molecule has 1 aliphatic rings. The fraction of sp³-hybridized carbons (Fsp3) is 0.240. The number of amides is 1. The maximum Gasteiger partial charge on any atom is 0.253 e. The minimum Gasteiger partial charge on any atom is -0.497 e. The first-order valence-electron chi connectivity index (χ1n) is 10.5. The maximum absolute atomic E-state index is 12.8. The second-order valence-corrected chi connectivity index (χ2v) is 7.44. The third-order valence-corrected chi connectivity index (χ3v) is 5.43. The molecule has 0 atom stereocenters. The standard InChI is InChI=1S/C25H24N4O4/c1-31-20-9-7-19(8-10-20)24(30)28-12-14-29(15-13-28)25-22(17-26)27-23(33-25)11-6-18-4-3-5-21(16-18)32-2/h3-11,16H,12-15H2,1-2H3. The Morgan fingerprint density at radius 3 is 2.42 bits per heavy atom. The van der Waals surface area contributed by atoms with E-state index in [1.54, 1.807) is 49.5 Å². The first kappa shape index (κ1) is 22.0. The SMILES string of the molecule is COc1ccc(C(=O)N2CCN(c3oc(C=Cc4cccc(OC)c4)nc3C#N)CC2)cc1. The van der Waals surface area contributed by atoms with Crippen LogP contribution in [0.3, 0.4) is 0 Å². The molecule has 4 rings (SSSR count). The lowest BCUT2D eigenvalue weighted by molar-refractivity contribution is 0.0745. The molecular formula is C25H24N4O4. The number of carbonyl (C=O) groups excluding carboxylic acids is 1. The summed E-state index contributed by atoms with van der Waals surface area (Å²) in [5, 5.41) is 9.53. The van der Waals surface area contributed by atoms with Crippen LogP contribution < -0.4 is 14.4 Å². The van der Waals surface area contributed by atoms with Crippen LogP contribution in [0.25, 0.3) is 12.2 Å². The van der Waals surface area contributed by atoms with Gasteiger partial charge in [0.15, 0.2) is 0 Å². The van der Waals surface area contributed by atoms with Crippen LogP contribution in [0.15, 0.2) is 52.9 Å².